The molecule has 4 aromatic rings. The molecule has 0 amide bonds. The Balaban J connectivity index is 0.000000275. The lowest BCUT2D eigenvalue weighted by molar-refractivity contribution is 0.123. The van der Waals surface area contributed by atoms with Crippen molar-refractivity contribution in [3.05, 3.63) is 119 Å². The van der Waals surface area contributed by atoms with E-state index in [2.05, 4.69) is 135 Å². The first-order valence-corrected chi connectivity index (χ1v) is 19.3. The Kier molecular flexibility index (Phi) is 16.5. The maximum Gasteiger partial charge on any atom is 0.500 e. The molecule has 0 heterocycles. The van der Waals surface area contributed by atoms with Crippen molar-refractivity contribution >= 4 is 32.2 Å². The van der Waals surface area contributed by atoms with E-state index in [1.807, 2.05) is 11.8 Å². The maximum absolute atomic E-state index is 5.79. The molecule has 0 aliphatic heterocycles. The molecule has 0 N–H and O–H groups in total. The van der Waals surface area contributed by atoms with E-state index < -0.39 is 8.80 Å². The van der Waals surface area contributed by atoms with Crippen molar-refractivity contribution in [3.8, 4) is 22.3 Å². The van der Waals surface area contributed by atoms with Crippen LogP contribution in [-0.4, -0.2) is 73.9 Å². The molecule has 0 bridgehead atoms. The van der Waals surface area contributed by atoms with Crippen LogP contribution in [0, 0.1) is 0 Å². The van der Waals surface area contributed by atoms with Crippen LogP contribution in [-0.2, 0) is 38.0 Å². The second-order valence-corrected chi connectivity index (χ2v) is 16.3. The molecule has 0 saturated carbocycles. The Morgan fingerprint density at radius 1 is 0.543 bits per heavy atom. The van der Waals surface area contributed by atoms with Gasteiger partial charge in [-0.2, -0.15) is 11.8 Å². The van der Waals surface area contributed by atoms with Gasteiger partial charge in [-0.3, -0.25) is 0 Å². The molecule has 0 aliphatic carbocycles. The highest BCUT2D eigenvalue weighted by Gasteiger charge is 2.36. The van der Waals surface area contributed by atoms with Gasteiger partial charge in [-0.05, 0) is 84.9 Å². The summed E-state index contributed by atoms with van der Waals surface area (Å²) in [5, 5.41) is 0. The van der Waals surface area contributed by atoms with Crippen molar-refractivity contribution in [1.82, 2.24) is 9.80 Å². The van der Waals surface area contributed by atoms with E-state index in [1.54, 1.807) is 21.3 Å². The molecule has 0 unspecified atom stereocenters. The fourth-order valence-corrected chi connectivity index (χ4v) is 8.13. The summed E-state index contributed by atoms with van der Waals surface area (Å²) >= 11 is 7.73. The number of rotatable bonds is 16. The van der Waals surface area contributed by atoms with Crippen LogP contribution in [0.5, 0.6) is 0 Å². The topological polar surface area (TPSA) is 34.2 Å². The summed E-state index contributed by atoms with van der Waals surface area (Å²) in [5.74, 6) is 2.66. The summed E-state index contributed by atoms with van der Waals surface area (Å²) in [4.78, 5) is 4.35. The first kappa shape index (κ1) is 38.0. The van der Waals surface area contributed by atoms with Crippen LogP contribution in [0.2, 0.25) is 6.04 Å². The van der Waals surface area contributed by atoms with E-state index in [9.17, 15) is 0 Å². The normalized spacial score (nSPS) is 11.5. The lowest BCUT2D eigenvalue weighted by Crippen LogP contribution is -2.42. The Labute approximate surface area is 288 Å². The second-order valence-electron chi connectivity index (χ2n) is 11.8. The largest absolute Gasteiger partial charge is 0.500 e. The van der Waals surface area contributed by atoms with Gasteiger partial charge in [-0.1, -0.05) is 97.1 Å². The fourth-order valence-electron chi connectivity index (χ4n) is 5.05. The lowest BCUT2D eigenvalue weighted by atomic mass is 10.0. The van der Waals surface area contributed by atoms with Gasteiger partial charge in [0.2, 0.25) is 0 Å². The SMILES string of the molecule is CN(C)Cc1ccc(-c2ccc(CCl)cc2)cc1.CO[Si](CCCSCc1ccc(-c2ccc(CN(C)C)cc2)cc1)(OC)OC. The van der Waals surface area contributed by atoms with E-state index in [-0.39, 0.29) is 0 Å². The van der Waals surface area contributed by atoms with E-state index in [0.29, 0.717) is 5.88 Å². The van der Waals surface area contributed by atoms with E-state index in [1.165, 1.54) is 38.9 Å². The molecule has 4 aromatic carbocycles. The number of hydrogen-bond donors (Lipinski definition) is 0. The highest BCUT2D eigenvalue weighted by molar-refractivity contribution is 7.98. The molecule has 4 rings (SSSR count). The molecule has 46 heavy (non-hydrogen) atoms. The third-order valence-corrected chi connectivity index (χ3v) is 11.9. The van der Waals surface area contributed by atoms with Crippen LogP contribution in [0.1, 0.15) is 28.7 Å². The van der Waals surface area contributed by atoms with Crippen molar-refractivity contribution in [2.45, 2.75) is 37.2 Å². The molecule has 0 fully saturated rings. The smallest absolute Gasteiger partial charge is 0.377 e. The number of hydrogen-bond acceptors (Lipinski definition) is 6. The number of nitrogens with zero attached hydrogens (tertiary/aromatic N) is 2. The summed E-state index contributed by atoms with van der Waals surface area (Å²) in [6.45, 7) is 1.95. The number of alkyl halides is 1. The minimum Gasteiger partial charge on any atom is -0.377 e. The van der Waals surface area contributed by atoms with Crippen molar-refractivity contribution < 1.29 is 13.3 Å². The summed E-state index contributed by atoms with van der Waals surface area (Å²) in [6, 6.07) is 35.7. The lowest BCUT2D eigenvalue weighted by Gasteiger charge is -2.24. The number of halogens is 1. The standard InChI is InChI=1S/C22H33NO3SSi.C16H18ClN/c1-23(2)17-19-7-11-21(12-8-19)22-13-9-20(10-14-22)18-27-15-6-16-28(24-3,25-4)26-5;1-18(2)12-14-5-9-16(10-6-14)15-7-3-13(11-17)4-8-15/h7-14H,6,15-18H2,1-5H3;3-10H,11-12H2,1-2H3. The number of thioether (sulfide) groups is 1. The Morgan fingerprint density at radius 2 is 0.891 bits per heavy atom. The first-order valence-electron chi connectivity index (χ1n) is 15.7. The summed E-state index contributed by atoms with van der Waals surface area (Å²) < 4.78 is 16.4. The predicted octanol–water partition coefficient (Wildman–Crippen LogP) is 9.07. The van der Waals surface area contributed by atoms with Crippen LogP contribution in [0.3, 0.4) is 0 Å². The Bertz CT molecular complexity index is 1390. The first-order chi connectivity index (χ1) is 22.2. The average molecular weight is 679 g/mol. The van der Waals surface area contributed by atoms with Gasteiger partial charge in [-0.25, -0.2) is 0 Å². The molecular weight excluding hydrogens is 628 g/mol. The highest BCUT2D eigenvalue weighted by Crippen LogP contribution is 2.24. The predicted molar refractivity (Wildman–Crippen MR) is 200 cm³/mol. The van der Waals surface area contributed by atoms with Gasteiger partial charge in [0.15, 0.2) is 0 Å². The van der Waals surface area contributed by atoms with Gasteiger partial charge in [0, 0.05) is 52.1 Å². The molecule has 0 spiro atoms. The quantitative estimate of drug-likeness (QED) is 0.0668. The molecular formula is C38H51ClN2O3SSi. The molecule has 248 valence electrons. The van der Waals surface area contributed by atoms with E-state index in [0.717, 1.165) is 42.6 Å². The highest BCUT2D eigenvalue weighted by atomic mass is 35.5. The zero-order chi connectivity index (χ0) is 33.4. The van der Waals surface area contributed by atoms with Gasteiger partial charge < -0.3 is 23.1 Å². The van der Waals surface area contributed by atoms with Crippen molar-refractivity contribution in [2.75, 3.05) is 55.3 Å². The van der Waals surface area contributed by atoms with E-state index >= 15 is 0 Å². The van der Waals surface area contributed by atoms with E-state index in [4.69, 9.17) is 24.9 Å². The fraction of sp³-hybridized carbons (Fsp3) is 0.368. The van der Waals surface area contributed by atoms with Crippen LogP contribution >= 0.6 is 23.4 Å². The molecule has 0 saturated heterocycles. The molecule has 0 aromatic heterocycles. The third kappa shape index (κ3) is 12.6. The average Bonchev–Trinajstić information content (AvgIpc) is 3.07. The summed E-state index contributed by atoms with van der Waals surface area (Å²) in [7, 11) is 10.9. The number of benzene rings is 4. The van der Waals surface area contributed by atoms with Crippen LogP contribution < -0.4 is 0 Å². The molecule has 5 nitrogen and oxygen atoms in total. The summed E-state index contributed by atoms with van der Waals surface area (Å²) in [5.41, 5.74) is 10.2. The maximum atomic E-state index is 5.79. The minimum atomic E-state index is -2.42. The second kappa shape index (κ2) is 20.0. The molecule has 0 atom stereocenters. The van der Waals surface area contributed by atoms with Crippen LogP contribution in [0.15, 0.2) is 97.1 Å². The Morgan fingerprint density at radius 3 is 1.22 bits per heavy atom. The van der Waals surface area contributed by atoms with Gasteiger partial charge >= 0.3 is 8.80 Å². The molecule has 0 aliphatic rings. The van der Waals surface area contributed by atoms with Crippen LogP contribution in [0.4, 0.5) is 0 Å². The monoisotopic (exact) mass is 678 g/mol. The molecule has 0 radical (unpaired) electrons. The zero-order valence-corrected chi connectivity index (χ0v) is 31.2. The van der Waals surface area contributed by atoms with Gasteiger partial charge in [0.25, 0.3) is 0 Å². The zero-order valence-electron chi connectivity index (χ0n) is 28.6. The van der Waals surface area contributed by atoms with Crippen molar-refractivity contribution in [2.24, 2.45) is 0 Å². The van der Waals surface area contributed by atoms with Gasteiger partial charge in [-0.15, -0.1) is 11.6 Å². The van der Waals surface area contributed by atoms with Crippen LogP contribution in [0.25, 0.3) is 22.3 Å². The molecule has 8 heteroatoms. The van der Waals surface area contributed by atoms with Crippen molar-refractivity contribution in [3.63, 3.8) is 0 Å². The van der Waals surface area contributed by atoms with Crippen molar-refractivity contribution in [1.29, 1.82) is 0 Å². The van der Waals surface area contributed by atoms with Gasteiger partial charge in [0.05, 0.1) is 0 Å². The third-order valence-electron chi connectivity index (χ3n) is 7.61. The Hall–Kier alpha value is -2.46. The summed E-state index contributed by atoms with van der Waals surface area (Å²) in [6.07, 6.45) is 1.03. The van der Waals surface area contributed by atoms with Gasteiger partial charge in [0.1, 0.15) is 0 Å². The minimum absolute atomic E-state index is 0.571.